The van der Waals surface area contributed by atoms with Crippen molar-refractivity contribution < 1.29 is 4.79 Å². The van der Waals surface area contributed by atoms with E-state index in [2.05, 4.69) is 49.9 Å². The van der Waals surface area contributed by atoms with E-state index in [0.717, 1.165) is 30.6 Å². The predicted molar refractivity (Wildman–Crippen MR) is 108 cm³/mol. The fourth-order valence-electron chi connectivity index (χ4n) is 3.76. The van der Waals surface area contributed by atoms with Gasteiger partial charge in [-0.2, -0.15) is 0 Å². The van der Waals surface area contributed by atoms with E-state index >= 15 is 0 Å². The van der Waals surface area contributed by atoms with E-state index in [1.807, 2.05) is 24.3 Å². The molecule has 0 saturated carbocycles. The van der Waals surface area contributed by atoms with E-state index in [0.29, 0.717) is 12.8 Å². The number of carbonyl (C=O) groups excluding carboxylic acids is 1. The van der Waals surface area contributed by atoms with Crippen molar-refractivity contribution in [3.05, 3.63) is 65.2 Å². The lowest BCUT2D eigenvalue weighted by Crippen LogP contribution is -2.30. The number of hydrogen-bond donors (Lipinski definition) is 1. The van der Waals surface area contributed by atoms with Crippen LogP contribution in [-0.2, 0) is 16.6 Å². The molecule has 26 heavy (non-hydrogen) atoms. The Morgan fingerprint density at radius 3 is 2.46 bits per heavy atom. The van der Waals surface area contributed by atoms with Crippen LogP contribution in [0.3, 0.4) is 0 Å². The first kappa shape index (κ1) is 18.5. The number of nitrogens with two attached hydrogens (primary N) is 1. The van der Waals surface area contributed by atoms with E-state index in [4.69, 9.17) is 5.73 Å². The van der Waals surface area contributed by atoms with Crippen molar-refractivity contribution in [3.8, 4) is 0 Å². The third-order valence-electron chi connectivity index (χ3n) is 5.40. The van der Waals surface area contributed by atoms with Crippen molar-refractivity contribution in [3.63, 3.8) is 0 Å². The van der Waals surface area contributed by atoms with E-state index < -0.39 is 0 Å². The molecule has 0 aromatic heterocycles. The monoisotopic (exact) mass is 350 g/mol. The molecule has 1 atom stereocenters. The minimum atomic E-state index is 0.152. The summed E-state index contributed by atoms with van der Waals surface area (Å²) in [6.45, 7) is 7.53. The van der Waals surface area contributed by atoms with Crippen molar-refractivity contribution in [1.29, 1.82) is 0 Å². The molecule has 0 bridgehead atoms. The smallest absolute Gasteiger partial charge is 0.223 e. The number of likely N-dealkylation sites (tertiary alicyclic amines) is 1. The summed E-state index contributed by atoms with van der Waals surface area (Å²) < 4.78 is 0. The summed E-state index contributed by atoms with van der Waals surface area (Å²) in [7, 11) is 0. The first-order valence-electron chi connectivity index (χ1n) is 9.59. The largest absolute Gasteiger partial charge is 0.399 e. The number of benzene rings is 2. The number of nitrogens with zero attached hydrogens (tertiary/aromatic N) is 1. The molecule has 3 nitrogen and oxygen atoms in total. The van der Waals surface area contributed by atoms with E-state index in [1.54, 1.807) is 0 Å². The lowest BCUT2D eigenvalue weighted by Gasteiger charge is -2.26. The number of anilines is 1. The zero-order valence-corrected chi connectivity index (χ0v) is 16.2. The highest BCUT2D eigenvalue weighted by molar-refractivity contribution is 5.77. The third kappa shape index (κ3) is 4.09. The molecule has 2 aromatic rings. The Hall–Kier alpha value is -2.29. The Kier molecular flexibility index (Phi) is 5.36. The van der Waals surface area contributed by atoms with Gasteiger partial charge in [0.2, 0.25) is 5.91 Å². The lowest BCUT2D eigenvalue weighted by molar-refractivity contribution is -0.132. The highest BCUT2D eigenvalue weighted by atomic mass is 16.2. The van der Waals surface area contributed by atoms with Crippen LogP contribution in [0.15, 0.2) is 48.5 Å². The van der Waals surface area contributed by atoms with Gasteiger partial charge in [-0.3, -0.25) is 4.79 Å². The van der Waals surface area contributed by atoms with Crippen LogP contribution in [-0.4, -0.2) is 17.4 Å². The van der Waals surface area contributed by atoms with Gasteiger partial charge in [0.15, 0.2) is 0 Å². The Balaban J connectivity index is 1.67. The average Bonchev–Trinajstić information content (AvgIpc) is 3.10. The van der Waals surface area contributed by atoms with Crippen LogP contribution in [0.2, 0.25) is 0 Å². The highest BCUT2D eigenvalue weighted by Gasteiger charge is 2.29. The van der Waals surface area contributed by atoms with Crippen LogP contribution < -0.4 is 5.73 Å². The van der Waals surface area contributed by atoms with Crippen LogP contribution in [0.1, 0.15) is 62.8 Å². The number of rotatable bonds is 4. The number of amides is 1. The number of hydrogen-bond acceptors (Lipinski definition) is 2. The minimum absolute atomic E-state index is 0.152. The van der Waals surface area contributed by atoms with Gasteiger partial charge in [0.1, 0.15) is 0 Å². The molecule has 0 spiro atoms. The third-order valence-corrected chi connectivity index (χ3v) is 5.40. The maximum Gasteiger partial charge on any atom is 0.223 e. The second-order valence-electron chi connectivity index (χ2n) is 8.32. The Labute approximate surface area is 157 Å². The van der Waals surface area contributed by atoms with Gasteiger partial charge in [-0.05, 0) is 47.4 Å². The number of aryl methyl sites for hydroxylation is 1. The molecule has 2 aromatic carbocycles. The molecular weight excluding hydrogens is 320 g/mol. The predicted octanol–water partition coefficient (Wildman–Crippen LogP) is 4.86. The van der Waals surface area contributed by atoms with E-state index in [-0.39, 0.29) is 17.4 Å². The van der Waals surface area contributed by atoms with Gasteiger partial charge >= 0.3 is 0 Å². The van der Waals surface area contributed by atoms with E-state index in [9.17, 15) is 4.79 Å². The SMILES string of the molecule is CC(C)(C)c1ccc(C2CCCN2C(=O)CCc2ccccc2N)cc1. The second kappa shape index (κ2) is 7.53. The molecule has 1 heterocycles. The topological polar surface area (TPSA) is 46.3 Å². The molecule has 1 aliphatic rings. The molecular formula is C23H30N2O. The summed E-state index contributed by atoms with van der Waals surface area (Å²) in [5.41, 5.74) is 10.6. The van der Waals surface area contributed by atoms with Crippen LogP contribution in [0.25, 0.3) is 0 Å². The second-order valence-corrected chi connectivity index (χ2v) is 8.32. The molecule has 1 unspecified atom stereocenters. The summed E-state index contributed by atoms with van der Waals surface area (Å²) in [6, 6.07) is 16.8. The van der Waals surface area contributed by atoms with Crippen LogP contribution in [0.5, 0.6) is 0 Å². The molecule has 3 rings (SSSR count). The van der Waals surface area contributed by atoms with Crippen LogP contribution in [0, 0.1) is 0 Å². The van der Waals surface area contributed by atoms with Gasteiger partial charge in [0.25, 0.3) is 0 Å². The molecule has 138 valence electrons. The molecule has 1 aliphatic heterocycles. The van der Waals surface area contributed by atoms with Gasteiger partial charge in [0, 0.05) is 18.7 Å². The average molecular weight is 351 g/mol. The summed E-state index contributed by atoms with van der Waals surface area (Å²) in [5, 5.41) is 0. The van der Waals surface area contributed by atoms with Gasteiger partial charge < -0.3 is 10.6 Å². The Morgan fingerprint density at radius 1 is 1.12 bits per heavy atom. The quantitative estimate of drug-likeness (QED) is 0.800. The van der Waals surface area contributed by atoms with E-state index in [1.165, 1.54) is 11.1 Å². The van der Waals surface area contributed by atoms with Crippen molar-refractivity contribution in [2.45, 2.75) is 57.9 Å². The number of nitrogen functional groups attached to an aromatic ring is 1. The number of para-hydroxylation sites is 1. The molecule has 1 fully saturated rings. The summed E-state index contributed by atoms with van der Waals surface area (Å²) in [5.74, 6) is 0.232. The van der Waals surface area contributed by atoms with Crippen LogP contribution in [0.4, 0.5) is 5.69 Å². The van der Waals surface area contributed by atoms with Gasteiger partial charge in [-0.1, -0.05) is 63.2 Å². The molecule has 0 radical (unpaired) electrons. The molecule has 2 N–H and O–H groups in total. The molecule has 3 heteroatoms. The van der Waals surface area contributed by atoms with Gasteiger partial charge in [0.05, 0.1) is 6.04 Å². The lowest BCUT2D eigenvalue weighted by atomic mass is 9.86. The Morgan fingerprint density at radius 2 is 1.81 bits per heavy atom. The summed E-state index contributed by atoms with van der Waals surface area (Å²) in [4.78, 5) is 14.9. The first-order valence-corrected chi connectivity index (χ1v) is 9.59. The summed E-state index contributed by atoms with van der Waals surface area (Å²) in [6.07, 6.45) is 3.35. The molecule has 0 aliphatic carbocycles. The molecule has 1 saturated heterocycles. The normalized spacial score (nSPS) is 17.5. The van der Waals surface area contributed by atoms with Crippen molar-refractivity contribution in [1.82, 2.24) is 4.90 Å². The minimum Gasteiger partial charge on any atom is -0.399 e. The first-order chi connectivity index (χ1) is 12.4. The van der Waals surface area contributed by atoms with Gasteiger partial charge in [-0.15, -0.1) is 0 Å². The van der Waals surface area contributed by atoms with Crippen molar-refractivity contribution >= 4 is 11.6 Å². The standard InChI is InChI=1S/C23H30N2O/c1-23(2,3)19-13-10-18(11-14-19)21-9-6-16-25(21)22(26)15-12-17-7-4-5-8-20(17)24/h4-5,7-8,10-11,13-14,21H,6,9,12,15-16,24H2,1-3H3. The zero-order valence-electron chi connectivity index (χ0n) is 16.2. The molecule has 1 amide bonds. The highest BCUT2D eigenvalue weighted by Crippen LogP contribution is 2.34. The maximum absolute atomic E-state index is 12.8. The van der Waals surface area contributed by atoms with Crippen molar-refractivity contribution in [2.75, 3.05) is 12.3 Å². The Bertz CT molecular complexity index is 759. The summed E-state index contributed by atoms with van der Waals surface area (Å²) >= 11 is 0. The maximum atomic E-state index is 12.8. The fourth-order valence-corrected chi connectivity index (χ4v) is 3.76. The van der Waals surface area contributed by atoms with Crippen LogP contribution >= 0.6 is 0 Å². The van der Waals surface area contributed by atoms with Crippen molar-refractivity contribution in [2.24, 2.45) is 0 Å². The van der Waals surface area contributed by atoms with Gasteiger partial charge in [-0.25, -0.2) is 0 Å². The number of carbonyl (C=O) groups is 1. The zero-order chi connectivity index (χ0) is 18.7. The fraction of sp³-hybridized carbons (Fsp3) is 0.435.